The first kappa shape index (κ1) is 9.20. The molecule has 0 aliphatic rings. The van der Waals surface area contributed by atoms with E-state index in [4.69, 9.17) is 5.84 Å². The summed E-state index contributed by atoms with van der Waals surface area (Å²) in [4.78, 5) is 5.10. The van der Waals surface area contributed by atoms with E-state index < -0.39 is 0 Å². The molecule has 0 bridgehead atoms. The Morgan fingerprint density at radius 1 is 1.83 bits per heavy atom. The Balaban J connectivity index is 2.61. The van der Waals surface area contributed by atoms with Crippen LogP contribution in [0.5, 0.6) is 0 Å². The van der Waals surface area contributed by atoms with Crippen LogP contribution in [0.2, 0.25) is 0 Å². The second kappa shape index (κ2) is 4.88. The maximum absolute atomic E-state index is 5.37. The van der Waals surface area contributed by atoms with Gasteiger partial charge in [0.2, 0.25) is 0 Å². The van der Waals surface area contributed by atoms with Gasteiger partial charge in [-0.3, -0.25) is 16.3 Å². The fourth-order valence-electron chi connectivity index (χ4n) is 0.843. The highest BCUT2D eigenvalue weighted by Crippen LogP contribution is 2.18. The van der Waals surface area contributed by atoms with Crippen molar-refractivity contribution in [2.24, 2.45) is 5.84 Å². The maximum atomic E-state index is 5.37. The molecule has 1 atom stereocenters. The molecule has 0 aliphatic heterocycles. The minimum atomic E-state index is 0.116. The molecule has 1 aromatic heterocycles. The molecule has 1 unspecified atom stereocenters. The molecule has 1 rings (SSSR count). The van der Waals surface area contributed by atoms with Gasteiger partial charge in [0.05, 0.1) is 11.6 Å². The Bertz CT molecular complexity index is 270. The number of nitrogens with zero attached hydrogens (tertiary/aromatic N) is 1. The summed E-state index contributed by atoms with van der Waals surface area (Å²) in [6.45, 7) is 1.82. The Kier molecular flexibility index (Phi) is 3.74. The first-order chi connectivity index (χ1) is 5.88. The van der Waals surface area contributed by atoms with E-state index in [2.05, 4.69) is 22.3 Å². The normalized spacial score (nSPS) is 11.8. The van der Waals surface area contributed by atoms with Crippen LogP contribution in [0.15, 0.2) is 11.7 Å². The van der Waals surface area contributed by atoms with Crippen LogP contribution in [0.3, 0.4) is 0 Å². The lowest BCUT2D eigenvalue weighted by Crippen LogP contribution is -2.27. The van der Waals surface area contributed by atoms with E-state index in [1.165, 1.54) is 0 Å². The van der Waals surface area contributed by atoms with Crippen molar-refractivity contribution in [2.75, 3.05) is 0 Å². The van der Waals surface area contributed by atoms with Crippen LogP contribution in [0.1, 0.15) is 24.3 Å². The van der Waals surface area contributed by atoms with E-state index in [0.717, 1.165) is 11.3 Å². The summed E-state index contributed by atoms with van der Waals surface area (Å²) >= 11 is 1.58. The molecule has 4 heteroatoms. The average molecular weight is 181 g/mol. The van der Waals surface area contributed by atoms with Gasteiger partial charge in [0.15, 0.2) is 0 Å². The summed E-state index contributed by atoms with van der Waals surface area (Å²) in [5.74, 6) is 11.2. The molecule has 0 saturated heterocycles. The summed E-state index contributed by atoms with van der Waals surface area (Å²) in [6, 6.07) is 0.116. The van der Waals surface area contributed by atoms with Crippen molar-refractivity contribution in [2.45, 2.75) is 19.4 Å². The van der Waals surface area contributed by atoms with Crippen molar-refractivity contribution in [3.8, 4) is 11.8 Å². The van der Waals surface area contributed by atoms with Crippen molar-refractivity contribution in [1.29, 1.82) is 0 Å². The molecule has 12 heavy (non-hydrogen) atoms. The van der Waals surface area contributed by atoms with E-state index in [1.807, 2.05) is 13.1 Å². The third-order valence-corrected chi connectivity index (χ3v) is 2.37. The predicted octanol–water partition coefficient (Wildman–Crippen LogP) is 1.06. The van der Waals surface area contributed by atoms with Crippen molar-refractivity contribution < 1.29 is 0 Å². The average Bonchev–Trinajstić information content (AvgIpc) is 2.59. The topological polar surface area (TPSA) is 50.9 Å². The molecule has 0 spiro atoms. The second-order valence-corrected chi connectivity index (χ2v) is 3.17. The third kappa shape index (κ3) is 2.31. The highest BCUT2D eigenvalue weighted by molar-refractivity contribution is 7.09. The Hall–Kier alpha value is -0.890. The third-order valence-electron chi connectivity index (χ3n) is 1.48. The summed E-state index contributed by atoms with van der Waals surface area (Å²) in [6.07, 6.45) is 2.54. The molecular weight excluding hydrogens is 170 g/mol. The molecule has 0 aromatic carbocycles. The number of hydrogen-bond donors (Lipinski definition) is 2. The lowest BCUT2D eigenvalue weighted by atomic mass is 10.2. The SMILES string of the molecule is CC#CCC(NN)c1cncs1. The molecule has 0 fully saturated rings. The second-order valence-electron chi connectivity index (χ2n) is 2.25. The van der Waals surface area contributed by atoms with Crippen LogP contribution in [0.25, 0.3) is 0 Å². The van der Waals surface area contributed by atoms with Crippen LogP contribution in [0.4, 0.5) is 0 Å². The molecule has 64 valence electrons. The molecule has 0 aliphatic carbocycles. The van der Waals surface area contributed by atoms with Gasteiger partial charge in [-0.25, -0.2) is 0 Å². The van der Waals surface area contributed by atoms with Crippen molar-refractivity contribution in [3.05, 3.63) is 16.6 Å². The minimum absolute atomic E-state index is 0.116. The van der Waals surface area contributed by atoms with Crippen molar-refractivity contribution in [1.82, 2.24) is 10.4 Å². The monoisotopic (exact) mass is 181 g/mol. The van der Waals surface area contributed by atoms with E-state index >= 15 is 0 Å². The zero-order valence-electron chi connectivity index (χ0n) is 6.87. The van der Waals surface area contributed by atoms with Gasteiger partial charge in [0.25, 0.3) is 0 Å². The quantitative estimate of drug-likeness (QED) is 0.416. The molecule has 0 radical (unpaired) electrons. The summed E-state index contributed by atoms with van der Waals surface area (Å²) < 4.78 is 0. The van der Waals surface area contributed by atoms with Gasteiger partial charge in [-0.05, 0) is 6.92 Å². The zero-order valence-corrected chi connectivity index (χ0v) is 7.69. The van der Waals surface area contributed by atoms with Gasteiger partial charge in [0, 0.05) is 17.5 Å². The summed E-state index contributed by atoms with van der Waals surface area (Å²) in [7, 11) is 0. The predicted molar refractivity (Wildman–Crippen MR) is 50.2 cm³/mol. The molecule has 3 N–H and O–H groups in total. The van der Waals surface area contributed by atoms with Crippen LogP contribution >= 0.6 is 11.3 Å². The molecular formula is C8H11N3S. The first-order valence-corrected chi connectivity index (χ1v) is 4.50. The van der Waals surface area contributed by atoms with Crippen LogP contribution in [-0.2, 0) is 0 Å². The van der Waals surface area contributed by atoms with Gasteiger partial charge in [0.1, 0.15) is 0 Å². The number of nitrogens with two attached hydrogens (primary N) is 1. The van der Waals surface area contributed by atoms with Crippen molar-refractivity contribution >= 4 is 11.3 Å². The van der Waals surface area contributed by atoms with Gasteiger partial charge < -0.3 is 0 Å². The van der Waals surface area contributed by atoms with Crippen molar-refractivity contribution in [3.63, 3.8) is 0 Å². The number of hydrazine groups is 1. The van der Waals surface area contributed by atoms with Gasteiger partial charge in [-0.1, -0.05) is 0 Å². The number of rotatable bonds is 3. The van der Waals surface area contributed by atoms with E-state index in [9.17, 15) is 0 Å². The minimum Gasteiger partial charge on any atom is -0.271 e. The molecule has 0 saturated carbocycles. The Morgan fingerprint density at radius 3 is 3.17 bits per heavy atom. The molecule has 0 amide bonds. The van der Waals surface area contributed by atoms with Crippen LogP contribution in [-0.4, -0.2) is 4.98 Å². The molecule has 3 nitrogen and oxygen atoms in total. The highest BCUT2D eigenvalue weighted by atomic mass is 32.1. The fourth-order valence-corrected chi connectivity index (χ4v) is 1.52. The van der Waals surface area contributed by atoms with Crippen LogP contribution < -0.4 is 11.3 Å². The van der Waals surface area contributed by atoms with E-state index in [0.29, 0.717) is 0 Å². The maximum Gasteiger partial charge on any atom is 0.0794 e. The fraction of sp³-hybridized carbons (Fsp3) is 0.375. The number of aromatic nitrogens is 1. The van der Waals surface area contributed by atoms with Gasteiger partial charge in [-0.15, -0.1) is 23.2 Å². The zero-order chi connectivity index (χ0) is 8.81. The lowest BCUT2D eigenvalue weighted by Gasteiger charge is -2.08. The number of hydrogen-bond acceptors (Lipinski definition) is 4. The van der Waals surface area contributed by atoms with E-state index in [-0.39, 0.29) is 6.04 Å². The number of nitrogens with one attached hydrogen (secondary N) is 1. The molecule has 1 heterocycles. The Labute approximate surface area is 76.0 Å². The standard InChI is InChI=1S/C8H11N3S/c1-2-3-4-7(11-9)8-5-10-6-12-8/h5-7,11H,4,9H2,1H3. The van der Waals surface area contributed by atoms with Gasteiger partial charge in [-0.2, -0.15) is 0 Å². The van der Waals surface area contributed by atoms with E-state index in [1.54, 1.807) is 16.8 Å². The smallest absolute Gasteiger partial charge is 0.0794 e. The highest BCUT2D eigenvalue weighted by Gasteiger charge is 2.08. The summed E-state index contributed by atoms with van der Waals surface area (Å²) in [5, 5.41) is 0. The van der Waals surface area contributed by atoms with Gasteiger partial charge >= 0.3 is 0 Å². The first-order valence-electron chi connectivity index (χ1n) is 3.62. The Morgan fingerprint density at radius 2 is 2.67 bits per heavy atom. The number of thiazole rings is 1. The lowest BCUT2D eigenvalue weighted by molar-refractivity contribution is 0.576. The largest absolute Gasteiger partial charge is 0.271 e. The molecule has 1 aromatic rings. The van der Waals surface area contributed by atoms with Crippen LogP contribution in [0, 0.1) is 11.8 Å². The summed E-state index contributed by atoms with van der Waals surface area (Å²) in [5.41, 5.74) is 4.50.